The highest BCUT2D eigenvalue weighted by Crippen LogP contribution is 2.19. The van der Waals surface area contributed by atoms with Crippen LogP contribution in [-0.2, 0) is 14.2 Å². The molecule has 0 saturated heterocycles. The van der Waals surface area contributed by atoms with Crippen LogP contribution in [0.15, 0.2) is 0 Å². The van der Waals surface area contributed by atoms with Crippen LogP contribution in [0.25, 0.3) is 0 Å². The lowest BCUT2D eigenvalue weighted by molar-refractivity contribution is 0.0505. The molecule has 1 aliphatic carbocycles. The Morgan fingerprint density at radius 1 is 1.14 bits per heavy atom. The second-order valence-electron chi connectivity index (χ2n) is 6.77. The fourth-order valence-electron chi connectivity index (χ4n) is 2.50. The summed E-state index contributed by atoms with van der Waals surface area (Å²) in [6, 6.07) is 0.684. The summed E-state index contributed by atoms with van der Waals surface area (Å²) in [6.45, 7) is 8.62. The maximum absolute atomic E-state index is 11.7. The van der Waals surface area contributed by atoms with E-state index in [9.17, 15) is 4.79 Å². The summed E-state index contributed by atoms with van der Waals surface area (Å²) in [5.74, 6) is 0. The normalized spacial score (nSPS) is 21.8. The van der Waals surface area contributed by atoms with E-state index in [2.05, 4.69) is 10.6 Å². The van der Waals surface area contributed by atoms with Gasteiger partial charge in [-0.15, -0.1) is 0 Å². The summed E-state index contributed by atoms with van der Waals surface area (Å²) in [6.07, 6.45) is 3.73. The van der Waals surface area contributed by atoms with Crippen LogP contribution in [0.1, 0.15) is 46.5 Å². The zero-order valence-corrected chi connectivity index (χ0v) is 14.4. The van der Waals surface area contributed by atoms with E-state index in [0.29, 0.717) is 19.3 Å². The molecule has 6 heteroatoms. The van der Waals surface area contributed by atoms with Gasteiger partial charge in [-0.25, -0.2) is 4.79 Å². The molecule has 0 aliphatic heterocycles. The van der Waals surface area contributed by atoms with Crippen LogP contribution in [0.4, 0.5) is 4.79 Å². The van der Waals surface area contributed by atoms with Crippen molar-refractivity contribution in [3.8, 4) is 0 Å². The second-order valence-corrected chi connectivity index (χ2v) is 6.77. The molecule has 22 heavy (non-hydrogen) atoms. The number of carbonyl (C=O) groups is 1. The highest BCUT2D eigenvalue weighted by atomic mass is 16.6. The van der Waals surface area contributed by atoms with E-state index in [4.69, 9.17) is 14.2 Å². The van der Waals surface area contributed by atoms with Crippen LogP contribution in [0.2, 0.25) is 0 Å². The van der Waals surface area contributed by atoms with E-state index in [1.807, 2.05) is 20.8 Å². The van der Waals surface area contributed by atoms with Crippen LogP contribution in [0.5, 0.6) is 0 Å². The summed E-state index contributed by atoms with van der Waals surface area (Å²) < 4.78 is 15.6. The van der Waals surface area contributed by atoms with Crippen molar-refractivity contribution in [1.82, 2.24) is 10.6 Å². The van der Waals surface area contributed by atoms with Crippen LogP contribution in [0.3, 0.4) is 0 Å². The zero-order valence-electron chi connectivity index (χ0n) is 14.4. The lowest BCUT2D eigenvalue weighted by Crippen LogP contribution is -2.39. The van der Waals surface area contributed by atoms with Gasteiger partial charge in [0.15, 0.2) is 0 Å². The van der Waals surface area contributed by atoms with Gasteiger partial charge in [-0.3, -0.25) is 0 Å². The van der Waals surface area contributed by atoms with Crippen LogP contribution in [0, 0.1) is 0 Å². The molecule has 0 radical (unpaired) electrons. The Labute approximate surface area is 134 Å². The van der Waals surface area contributed by atoms with Crippen molar-refractivity contribution in [1.29, 1.82) is 0 Å². The maximum Gasteiger partial charge on any atom is 0.407 e. The third kappa shape index (κ3) is 9.23. The number of amides is 1. The Morgan fingerprint density at radius 2 is 1.86 bits per heavy atom. The number of nitrogens with one attached hydrogen (secondary N) is 2. The Kier molecular flexibility index (Phi) is 8.75. The van der Waals surface area contributed by atoms with Gasteiger partial charge in [0, 0.05) is 25.8 Å². The van der Waals surface area contributed by atoms with Crippen molar-refractivity contribution in [2.75, 3.05) is 33.5 Å². The number of methoxy groups -OCH3 is 1. The van der Waals surface area contributed by atoms with Gasteiger partial charge in [-0.05, 0) is 53.0 Å². The third-order valence-electron chi connectivity index (χ3n) is 3.48. The molecule has 0 heterocycles. The van der Waals surface area contributed by atoms with Crippen molar-refractivity contribution < 1.29 is 19.0 Å². The van der Waals surface area contributed by atoms with Crippen molar-refractivity contribution in [3.63, 3.8) is 0 Å². The number of hydrogen-bond donors (Lipinski definition) is 2. The molecule has 1 aliphatic rings. The summed E-state index contributed by atoms with van der Waals surface area (Å²) in [5, 5.41) is 6.47. The first-order chi connectivity index (χ1) is 10.4. The molecule has 0 aromatic rings. The Balaban J connectivity index is 2.04. The van der Waals surface area contributed by atoms with Crippen molar-refractivity contribution in [3.05, 3.63) is 0 Å². The molecule has 2 N–H and O–H groups in total. The van der Waals surface area contributed by atoms with Gasteiger partial charge in [-0.2, -0.15) is 0 Å². The number of ether oxygens (including phenoxy) is 3. The smallest absolute Gasteiger partial charge is 0.407 e. The van der Waals surface area contributed by atoms with Crippen LogP contribution >= 0.6 is 0 Å². The minimum Gasteiger partial charge on any atom is -0.444 e. The van der Waals surface area contributed by atoms with Gasteiger partial charge in [0.25, 0.3) is 0 Å². The van der Waals surface area contributed by atoms with Crippen molar-refractivity contribution >= 4 is 6.09 Å². The molecule has 0 aromatic heterocycles. The van der Waals surface area contributed by atoms with Gasteiger partial charge >= 0.3 is 6.09 Å². The van der Waals surface area contributed by atoms with E-state index >= 15 is 0 Å². The molecule has 6 nitrogen and oxygen atoms in total. The molecule has 0 aromatic carbocycles. The number of hydrogen-bond acceptors (Lipinski definition) is 5. The van der Waals surface area contributed by atoms with Crippen LogP contribution in [-0.4, -0.2) is 57.3 Å². The lowest BCUT2D eigenvalue weighted by Gasteiger charge is -2.21. The summed E-state index contributed by atoms with van der Waals surface area (Å²) in [7, 11) is 1.67. The quantitative estimate of drug-likeness (QED) is 0.637. The first-order valence-corrected chi connectivity index (χ1v) is 8.20. The zero-order chi connectivity index (χ0) is 16.4. The monoisotopic (exact) mass is 316 g/mol. The molecule has 0 spiro atoms. The molecule has 2 atom stereocenters. The SMILES string of the molecule is COCCOCCCNC1CCC(NC(=O)OC(C)(C)C)C1. The highest BCUT2D eigenvalue weighted by molar-refractivity contribution is 5.68. The molecule has 1 amide bonds. The van der Waals surface area contributed by atoms with Crippen molar-refractivity contribution in [2.45, 2.75) is 64.1 Å². The summed E-state index contributed by atoms with van der Waals surface area (Å²) in [5.41, 5.74) is -0.441. The van der Waals surface area contributed by atoms with Gasteiger partial charge in [-0.1, -0.05) is 0 Å². The predicted molar refractivity (Wildman–Crippen MR) is 86.1 cm³/mol. The second kappa shape index (κ2) is 10.0. The molecule has 2 unspecified atom stereocenters. The highest BCUT2D eigenvalue weighted by Gasteiger charge is 2.27. The topological polar surface area (TPSA) is 68.8 Å². The average molecular weight is 316 g/mol. The maximum atomic E-state index is 11.7. The Bertz CT molecular complexity index is 318. The van der Waals surface area contributed by atoms with E-state index in [1.54, 1.807) is 7.11 Å². The van der Waals surface area contributed by atoms with E-state index in [1.165, 1.54) is 0 Å². The minimum atomic E-state index is -0.441. The van der Waals surface area contributed by atoms with Gasteiger partial charge in [0.2, 0.25) is 0 Å². The standard InChI is InChI=1S/C16H32N2O4/c1-16(2,3)22-15(19)18-14-7-6-13(12-14)17-8-5-9-21-11-10-20-4/h13-14,17H,5-12H2,1-4H3,(H,18,19). The van der Waals surface area contributed by atoms with Crippen molar-refractivity contribution in [2.24, 2.45) is 0 Å². The minimum absolute atomic E-state index is 0.213. The molecule has 0 bridgehead atoms. The fourth-order valence-corrected chi connectivity index (χ4v) is 2.50. The molecular weight excluding hydrogens is 284 g/mol. The molecule has 1 rings (SSSR count). The Hall–Kier alpha value is -0.850. The van der Waals surface area contributed by atoms with E-state index in [0.717, 1.165) is 38.8 Å². The fraction of sp³-hybridized carbons (Fsp3) is 0.938. The molecule has 1 saturated carbocycles. The molecule has 130 valence electrons. The molecular formula is C16H32N2O4. The average Bonchev–Trinajstić information content (AvgIpc) is 2.83. The predicted octanol–water partition coefficient (Wildman–Crippen LogP) is 2.07. The van der Waals surface area contributed by atoms with E-state index in [-0.39, 0.29) is 12.1 Å². The van der Waals surface area contributed by atoms with Gasteiger partial charge < -0.3 is 24.8 Å². The summed E-state index contributed by atoms with van der Waals surface area (Å²) >= 11 is 0. The van der Waals surface area contributed by atoms with E-state index < -0.39 is 5.60 Å². The number of carbonyl (C=O) groups excluding carboxylic acids is 1. The first-order valence-electron chi connectivity index (χ1n) is 8.20. The molecule has 1 fully saturated rings. The number of rotatable bonds is 9. The largest absolute Gasteiger partial charge is 0.444 e. The van der Waals surface area contributed by atoms with Gasteiger partial charge in [0.1, 0.15) is 5.60 Å². The van der Waals surface area contributed by atoms with Gasteiger partial charge in [0.05, 0.1) is 13.2 Å². The first kappa shape index (κ1) is 19.2. The Morgan fingerprint density at radius 3 is 2.55 bits per heavy atom. The number of alkyl carbamates (subject to hydrolysis) is 1. The summed E-state index contributed by atoms with van der Waals surface area (Å²) in [4.78, 5) is 11.7. The lowest BCUT2D eigenvalue weighted by atomic mass is 10.2. The van der Waals surface area contributed by atoms with Crippen LogP contribution < -0.4 is 10.6 Å². The third-order valence-corrected chi connectivity index (χ3v) is 3.48.